The zero-order valence-corrected chi connectivity index (χ0v) is 9.75. The number of rotatable bonds is 3. The van der Waals surface area contributed by atoms with Crippen molar-refractivity contribution in [2.75, 3.05) is 0 Å². The normalized spacial score (nSPS) is 16.9. The summed E-state index contributed by atoms with van der Waals surface area (Å²) in [6.07, 6.45) is 6.01. The summed E-state index contributed by atoms with van der Waals surface area (Å²) in [4.78, 5) is 16.8. The zero-order chi connectivity index (χ0) is 10.7. The first-order chi connectivity index (χ1) is 7.27. The summed E-state index contributed by atoms with van der Waals surface area (Å²) in [5.74, 6) is -0.275. The second-order valence-corrected chi connectivity index (χ2v) is 4.28. The van der Waals surface area contributed by atoms with Crippen molar-refractivity contribution in [3.63, 3.8) is 0 Å². The molecule has 0 aliphatic heterocycles. The number of hydrogen-bond acceptors (Lipinski definition) is 3. The highest BCUT2D eigenvalue weighted by molar-refractivity contribution is 9.10. The SMILES string of the molecule is O=C(NOC1CCCC1)c1ccoc1Br. The Morgan fingerprint density at radius 1 is 1.53 bits per heavy atom. The van der Waals surface area contributed by atoms with Gasteiger partial charge in [0.25, 0.3) is 5.91 Å². The number of carbonyl (C=O) groups is 1. The zero-order valence-electron chi connectivity index (χ0n) is 8.16. The number of hydroxylamine groups is 1. The van der Waals surface area contributed by atoms with E-state index in [1.165, 1.54) is 19.1 Å². The van der Waals surface area contributed by atoms with Crippen LogP contribution < -0.4 is 5.48 Å². The number of nitrogens with one attached hydrogen (secondary N) is 1. The minimum Gasteiger partial charge on any atom is -0.457 e. The van der Waals surface area contributed by atoms with Crippen LogP contribution in [0.3, 0.4) is 0 Å². The molecule has 1 saturated carbocycles. The maximum atomic E-state index is 11.6. The van der Waals surface area contributed by atoms with Crippen molar-refractivity contribution in [2.45, 2.75) is 31.8 Å². The Kier molecular flexibility index (Phi) is 3.43. The summed E-state index contributed by atoms with van der Waals surface area (Å²) < 4.78 is 5.38. The minimum atomic E-state index is -0.275. The fourth-order valence-electron chi connectivity index (χ4n) is 1.65. The van der Waals surface area contributed by atoms with Gasteiger partial charge in [0.05, 0.1) is 17.9 Å². The van der Waals surface area contributed by atoms with Crippen LogP contribution in [0.5, 0.6) is 0 Å². The molecule has 1 aromatic heterocycles. The molecule has 1 N–H and O–H groups in total. The smallest absolute Gasteiger partial charge is 0.279 e. The third-order valence-electron chi connectivity index (χ3n) is 2.48. The first-order valence-corrected chi connectivity index (χ1v) is 5.75. The maximum Gasteiger partial charge on any atom is 0.279 e. The van der Waals surface area contributed by atoms with Crippen molar-refractivity contribution in [3.8, 4) is 0 Å². The fraction of sp³-hybridized carbons (Fsp3) is 0.500. The molecule has 15 heavy (non-hydrogen) atoms. The van der Waals surface area contributed by atoms with E-state index >= 15 is 0 Å². The molecule has 0 radical (unpaired) electrons. The molecule has 1 fully saturated rings. The highest BCUT2D eigenvalue weighted by Crippen LogP contribution is 2.21. The molecule has 0 unspecified atom stereocenters. The van der Waals surface area contributed by atoms with E-state index in [1.807, 2.05) is 0 Å². The number of amides is 1. The molecule has 1 aromatic rings. The van der Waals surface area contributed by atoms with Gasteiger partial charge in [-0.2, -0.15) is 0 Å². The van der Waals surface area contributed by atoms with E-state index in [0.717, 1.165) is 12.8 Å². The highest BCUT2D eigenvalue weighted by atomic mass is 79.9. The van der Waals surface area contributed by atoms with Gasteiger partial charge in [-0.3, -0.25) is 9.63 Å². The van der Waals surface area contributed by atoms with E-state index in [9.17, 15) is 4.79 Å². The number of furan rings is 1. The molecule has 1 heterocycles. The molecule has 1 aliphatic rings. The highest BCUT2D eigenvalue weighted by Gasteiger charge is 2.18. The van der Waals surface area contributed by atoms with Crippen LogP contribution in [0, 0.1) is 0 Å². The standard InChI is InChI=1S/C10H12BrNO3/c11-9-8(5-6-14-9)10(13)12-15-7-3-1-2-4-7/h5-7H,1-4H2,(H,12,13). The average molecular weight is 274 g/mol. The third kappa shape index (κ3) is 2.60. The van der Waals surface area contributed by atoms with Crippen molar-refractivity contribution in [1.82, 2.24) is 5.48 Å². The van der Waals surface area contributed by atoms with Crippen LogP contribution in [-0.4, -0.2) is 12.0 Å². The van der Waals surface area contributed by atoms with Gasteiger partial charge in [-0.15, -0.1) is 0 Å². The Hall–Kier alpha value is -0.810. The third-order valence-corrected chi connectivity index (χ3v) is 3.10. The molecule has 5 heteroatoms. The minimum absolute atomic E-state index is 0.166. The van der Waals surface area contributed by atoms with Crippen molar-refractivity contribution < 1.29 is 14.0 Å². The topological polar surface area (TPSA) is 51.5 Å². The van der Waals surface area contributed by atoms with Gasteiger partial charge in [0.1, 0.15) is 0 Å². The van der Waals surface area contributed by atoms with Crippen LogP contribution in [0.1, 0.15) is 36.0 Å². The van der Waals surface area contributed by atoms with E-state index < -0.39 is 0 Å². The number of hydrogen-bond donors (Lipinski definition) is 1. The predicted molar refractivity (Wildman–Crippen MR) is 57.2 cm³/mol. The van der Waals surface area contributed by atoms with Crippen LogP contribution in [0.25, 0.3) is 0 Å². The van der Waals surface area contributed by atoms with Gasteiger partial charge >= 0.3 is 0 Å². The lowest BCUT2D eigenvalue weighted by Gasteiger charge is -2.10. The maximum absolute atomic E-state index is 11.6. The van der Waals surface area contributed by atoms with E-state index in [2.05, 4.69) is 21.4 Å². The fourth-order valence-corrected chi connectivity index (χ4v) is 2.07. The van der Waals surface area contributed by atoms with Gasteiger partial charge in [0, 0.05) is 0 Å². The van der Waals surface area contributed by atoms with Gasteiger partial charge in [0.15, 0.2) is 4.67 Å². The summed E-state index contributed by atoms with van der Waals surface area (Å²) >= 11 is 3.14. The monoisotopic (exact) mass is 273 g/mol. The van der Waals surface area contributed by atoms with Gasteiger partial charge in [0.2, 0.25) is 0 Å². The predicted octanol–water partition coefficient (Wildman–Crippen LogP) is 2.65. The van der Waals surface area contributed by atoms with Crippen molar-refractivity contribution in [3.05, 3.63) is 22.6 Å². The Labute approximate surface area is 96.1 Å². The van der Waals surface area contributed by atoms with Crippen molar-refractivity contribution >= 4 is 21.8 Å². The molecule has 1 amide bonds. The van der Waals surface area contributed by atoms with Crippen molar-refractivity contribution in [1.29, 1.82) is 0 Å². The van der Waals surface area contributed by atoms with Gasteiger partial charge < -0.3 is 4.42 Å². The van der Waals surface area contributed by atoms with E-state index in [4.69, 9.17) is 9.25 Å². The summed E-state index contributed by atoms with van der Waals surface area (Å²) in [5.41, 5.74) is 2.89. The first-order valence-electron chi connectivity index (χ1n) is 4.96. The van der Waals surface area contributed by atoms with Crippen LogP contribution in [0.4, 0.5) is 0 Å². The van der Waals surface area contributed by atoms with Crippen molar-refractivity contribution in [2.24, 2.45) is 0 Å². The van der Waals surface area contributed by atoms with Crippen LogP contribution in [0.15, 0.2) is 21.4 Å². The summed E-state index contributed by atoms with van der Waals surface area (Å²) in [6, 6.07) is 1.59. The van der Waals surface area contributed by atoms with Gasteiger partial charge in [-0.25, -0.2) is 5.48 Å². The molecule has 2 rings (SSSR count). The van der Waals surface area contributed by atoms with E-state index in [0.29, 0.717) is 10.2 Å². The largest absolute Gasteiger partial charge is 0.457 e. The van der Waals surface area contributed by atoms with Gasteiger partial charge in [-0.1, -0.05) is 12.8 Å². The molecule has 0 spiro atoms. The quantitative estimate of drug-likeness (QED) is 0.862. The first kappa shape index (κ1) is 10.7. The van der Waals surface area contributed by atoms with Gasteiger partial charge in [-0.05, 0) is 34.8 Å². The Morgan fingerprint density at radius 3 is 2.87 bits per heavy atom. The van der Waals surface area contributed by atoms with Crippen LogP contribution >= 0.6 is 15.9 Å². The molecule has 82 valence electrons. The Morgan fingerprint density at radius 2 is 2.27 bits per heavy atom. The molecule has 1 aliphatic carbocycles. The summed E-state index contributed by atoms with van der Waals surface area (Å²) in [6.45, 7) is 0. The molecular weight excluding hydrogens is 262 g/mol. The second-order valence-electron chi connectivity index (χ2n) is 3.56. The Bertz CT molecular complexity index is 344. The second kappa shape index (κ2) is 4.81. The van der Waals surface area contributed by atoms with E-state index in [1.54, 1.807) is 6.07 Å². The van der Waals surface area contributed by atoms with E-state index in [-0.39, 0.29) is 12.0 Å². The average Bonchev–Trinajstić information content (AvgIpc) is 2.84. The lowest BCUT2D eigenvalue weighted by molar-refractivity contribution is -0.0125. The molecule has 0 atom stereocenters. The Balaban J connectivity index is 1.84. The van der Waals surface area contributed by atoms with Crippen LogP contribution in [-0.2, 0) is 4.84 Å². The van der Waals surface area contributed by atoms with Crippen LogP contribution in [0.2, 0.25) is 0 Å². The molecule has 0 aromatic carbocycles. The lowest BCUT2D eigenvalue weighted by Crippen LogP contribution is -2.28. The molecule has 0 saturated heterocycles. The molecule has 4 nitrogen and oxygen atoms in total. The molecular formula is C10H12BrNO3. The molecule has 0 bridgehead atoms. The number of carbonyl (C=O) groups excluding carboxylic acids is 1. The summed E-state index contributed by atoms with van der Waals surface area (Å²) in [7, 11) is 0. The summed E-state index contributed by atoms with van der Waals surface area (Å²) in [5, 5.41) is 0. The number of halogens is 1. The lowest BCUT2D eigenvalue weighted by atomic mass is 10.3.